The van der Waals surface area contributed by atoms with Crippen molar-refractivity contribution in [2.75, 3.05) is 7.11 Å². The van der Waals surface area contributed by atoms with Crippen molar-refractivity contribution in [3.8, 4) is 11.5 Å². The second-order valence-electron chi connectivity index (χ2n) is 4.48. The van der Waals surface area contributed by atoms with E-state index in [9.17, 15) is 21.6 Å². The Morgan fingerprint density at radius 2 is 1.86 bits per heavy atom. The average Bonchev–Trinajstić information content (AvgIpc) is 2.44. The number of methoxy groups -OCH3 is 1. The Hall–Kier alpha value is -1.96. The lowest BCUT2D eigenvalue weighted by molar-refractivity contribution is -0.0499. The summed E-state index contributed by atoms with van der Waals surface area (Å²) in [4.78, 5) is 0. The van der Waals surface area contributed by atoms with E-state index >= 15 is 0 Å². The molecule has 0 amide bonds. The predicted octanol–water partition coefficient (Wildman–Crippen LogP) is 3.64. The largest absolute Gasteiger partial charge is 0.534 e. The van der Waals surface area contributed by atoms with Crippen molar-refractivity contribution < 1.29 is 30.5 Å². The smallest absolute Gasteiger partial charge is 0.497 e. The third kappa shape index (κ3) is 2.96. The lowest BCUT2D eigenvalue weighted by Crippen LogP contribution is -2.28. The summed E-state index contributed by atoms with van der Waals surface area (Å²) in [5.74, 6) is -0.197. The summed E-state index contributed by atoms with van der Waals surface area (Å²) in [7, 11) is -4.42. The molecular formula is C14H13F3O4S. The van der Waals surface area contributed by atoms with Gasteiger partial charge in [0.1, 0.15) is 5.75 Å². The zero-order valence-electron chi connectivity index (χ0n) is 11.8. The molecule has 0 saturated heterocycles. The second kappa shape index (κ2) is 5.68. The highest BCUT2D eigenvalue weighted by Crippen LogP contribution is 2.37. The third-order valence-electron chi connectivity index (χ3n) is 3.10. The van der Waals surface area contributed by atoms with Gasteiger partial charge in [-0.05, 0) is 23.4 Å². The molecular weight excluding hydrogens is 321 g/mol. The molecule has 2 aromatic carbocycles. The second-order valence-corrected chi connectivity index (χ2v) is 6.02. The molecule has 0 aliphatic heterocycles. The normalized spacial score (nSPS) is 12.4. The maximum absolute atomic E-state index is 12.5. The molecule has 120 valence electrons. The maximum atomic E-state index is 12.5. The molecule has 0 aromatic heterocycles. The number of fused-ring (bicyclic) bond motifs is 1. The summed E-state index contributed by atoms with van der Waals surface area (Å²) in [5.41, 5.74) is -4.82. The zero-order chi connectivity index (χ0) is 16.5. The van der Waals surface area contributed by atoms with Crippen LogP contribution in [0.2, 0.25) is 0 Å². The minimum absolute atomic E-state index is 0.202. The Morgan fingerprint density at radius 1 is 1.18 bits per heavy atom. The number of aryl methyl sites for hydroxylation is 1. The molecule has 0 atom stereocenters. The van der Waals surface area contributed by atoms with Gasteiger partial charge in [-0.15, -0.1) is 0 Å². The van der Waals surface area contributed by atoms with Gasteiger partial charge in [-0.1, -0.05) is 25.1 Å². The standard InChI is InChI=1S/C14H13F3O4S/c1-3-9-5-4-6-10-7-11(20-2)8-12(13(9)10)21-22(18,19)14(15,16)17/h4-8H,3H2,1-2H3. The molecule has 0 spiro atoms. The molecule has 8 heteroatoms. The first-order valence-electron chi connectivity index (χ1n) is 6.30. The summed E-state index contributed by atoms with van der Waals surface area (Å²) in [6, 6.07) is 7.79. The maximum Gasteiger partial charge on any atom is 0.534 e. The predicted molar refractivity (Wildman–Crippen MR) is 75.5 cm³/mol. The fourth-order valence-corrected chi connectivity index (χ4v) is 2.54. The molecule has 0 heterocycles. The van der Waals surface area contributed by atoms with Crippen LogP contribution in [0.5, 0.6) is 11.5 Å². The first-order valence-corrected chi connectivity index (χ1v) is 7.71. The molecule has 0 bridgehead atoms. The van der Waals surface area contributed by atoms with E-state index in [0.29, 0.717) is 22.8 Å². The van der Waals surface area contributed by atoms with Crippen molar-refractivity contribution in [1.29, 1.82) is 0 Å². The average molecular weight is 334 g/mol. The molecule has 4 nitrogen and oxygen atoms in total. The van der Waals surface area contributed by atoms with Crippen molar-refractivity contribution in [3.05, 3.63) is 35.9 Å². The van der Waals surface area contributed by atoms with E-state index in [1.54, 1.807) is 31.2 Å². The number of hydrogen-bond acceptors (Lipinski definition) is 4. The van der Waals surface area contributed by atoms with Crippen molar-refractivity contribution >= 4 is 20.9 Å². The number of rotatable bonds is 4. The van der Waals surface area contributed by atoms with Crippen LogP contribution in [0.1, 0.15) is 12.5 Å². The van der Waals surface area contributed by atoms with Crippen LogP contribution >= 0.6 is 0 Å². The quantitative estimate of drug-likeness (QED) is 0.633. The van der Waals surface area contributed by atoms with Crippen LogP contribution in [0, 0.1) is 0 Å². The van der Waals surface area contributed by atoms with Crippen molar-refractivity contribution in [3.63, 3.8) is 0 Å². The van der Waals surface area contributed by atoms with Gasteiger partial charge in [-0.25, -0.2) is 0 Å². The van der Waals surface area contributed by atoms with Crippen LogP contribution < -0.4 is 8.92 Å². The van der Waals surface area contributed by atoms with Crippen LogP contribution in [0.3, 0.4) is 0 Å². The summed E-state index contributed by atoms with van der Waals surface area (Å²) in [5, 5.41) is 0.852. The Morgan fingerprint density at radius 3 is 2.41 bits per heavy atom. The molecule has 2 rings (SSSR count). The van der Waals surface area contributed by atoms with Crippen LogP contribution in [0.15, 0.2) is 30.3 Å². The van der Waals surface area contributed by atoms with Crippen LogP contribution in [0.4, 0.5) is 13.2 Å². The topological polar surface area (TPSA) is 52.6 Å². The van der Waals surface area contributed by atoms with Gasteiger partial charge < -0.3 is 8.92 Å². The van der Waals surface area contributed by atoms with Crippen LogP contribution in [0.25, 0.3) is 10.8 Å². The number of benzene rings is 2. The van der Waals surface area contributed by atoms with Crippen molar-refractivity contribution in [2.45, 2.75) is 18.9 Å². The van der Waals surface area contributed by atoms with Gasteiger partial charge in [0.15, 0.2) is 5.75 Å². The number of hydrogen-bond donors (Lipinski definition) is 0. The first kappa shape index (κ1) is 16.4. The summed E-state index contributed by atoms with van der Waals surface area (Å²) in [6.07, 6.45) is 0.506. The van der Waals surface area contributed by atoms with E-state index in [-0.39, 0.29) is 5.75 Å². The van der Waals surface area contributed by atoms with Gasteiger partial charge in [0.2, 0.25) is 0 Å². The van der Waals surface area contributed by atoms with E-state index in [0.717, 1.165) is 6.07 Å². The van der Waals surface area contributed by atoms with Gasteiger partial charge in [0, 0.05) is 11.5 Å². The fraction of sp³-hybridized carbons (Fsp3) is 0.286. The lowest BCUT2D eigenvalue weighted by Gasteiger charge is -2.15. The Bertz CT molecular complexity index is 798. The Labute approximate surface area is 125 Å². The van der Waals surface area contributed by atoms with E-state index in [1.165, 1.54) is 7.11 Å². The number of halogens is 3. The molecule has 0 unspecified atom stereocenters. The molecule has 0 fully saturated rings. The molecule has 2 aromatic rings. The van der Waals surface area contributed by atoms with Crippen molar-refractivity contribution in [1.82, 2.24) is 0 Å². The van der Waals surface area contributed by atoms with Gasteiger partial charge in [-0.2, -0.15) is 21.6 Å². The first-order chi connectivity index (χ1) is 10.2. The highest BCUT2D eigenvalue weighted by Gasteiger charge is 2.48. The molecule has 0 radical (unpaired) electrons. The number of alkyl halides is 3. The summed E-state index contributed by atoms with van der Waals surface area (Å²) >= 11 is 0. The summed E-state index contributed by atoms with van der Waals surface area (Å²) in [6.45, 7) is 1.81. The van der Waals surface area contributed by atoms with Crippen molar-refractivity contribution in [2.24, 2.45) is 0 Å². The van der Waals surface area contributed by atoms with Gasteiger partial charge in [0.05, 0.1) is 7.11 Å². The van der Waals surface area contributed by atoms with E-state index in [4.69, 9.17) is 4.74 Å². The van der Waals surface area contributed by atoms with E-state index < -0.39 is 21.4 Å². The molecule has 0 aliphatic rings. The van der Waals surface area contributed by atoms with E-state index in [1.807, 2.05) is 0 Å². The zero-order valence-corrected chi connectivity index (χ0v) is 12.6. The molecule has 0 saturated carbocycles. The SMILES string of the molecule is CCc1cccc2cc(OC)cc(OS(=O)(=O)C(F)(F)F)c12. The monoisotopic (exact) mass is 334 g/mol. The van der Waals surface area contributed by atoms with E-state index in [2.05, 4.69) is 4.18 Å². The molecule has 0 N–H and O–H groups in total. The van der Waals surface area contributed by atoms with Gasteiger partial charge in [-0.3, -0.25) is 0 Å². The summed E-state index contributed by atoms with van der Waals surface area (Å²) < 4.78 is 69.5. The van der Waals surface area contributed by atoms with Crippen LogP contribution in [-0.4, -0.2) is 21.0 Å². The lowest BCUT2D eigenvalue weighted by atomic mass is 10.0. The van der Waals surface area contributed by atoms with Gasteiger partial charge in [0.25, 0.3) is 0 Å². The minimum Gasteiger partial charge on any atom is -0.497 e. The Kier molecular flexibility index (Phi) is 4.23. The molecule has 22 heavy (non-hydrogen) atoms. The molecule has 0 aliphatic carbocycles. The van der Waals surface area contributed by atoms with Gasteiger partial charge >= 0.3 is 15.6 Å². The highest BCUT2D eigenvalue weighted by atomic mass is 32.2. The number of ether oxygens (including phenoxy) is 1. The third-order valence-corrected chi connectivity index (χ3v) is 4.07. The Balaban J connectivity index is 2.71. The minimum atomic E-state index is -5.75. The fourth-order valence-electron chi connectivity index (χ4n) is 2.08. The highest BCUT2D eigenvalue weighted by molar-refractivity contribution is 7.88. The van der Waals surface area contributed by atoms with Crippen LogP contribution in [-0.2, 0) is 16.5 Å².